The Morgan fingerprint density at radius 1 is 1.18 bits per heavy atom. The van der Waals surface area contributed by atoms with Gasteiger partial charge in [0.05, 0.1) is 22.5 Å². The van der Waals surface area contributed by atoms with Crippen molar-refractivity contribution in [2.45, 2.75) is 44.4 Å². The number of carbonyl (C=O) groups is 1. The maximum absolute atomic E-state index is 13.0. The molecule has 0 saturated carbocycles. The van der Waals surface area contributed by atoms with Gasteiger partial charge in [-0.1, -0.05) is 36.9 Å². The third kappa shape index (κ3) is 3.16. The van der Waals surface area contributed by atoms with E-state index >= 15 is 0 Å². The maximum atomic E-state index is 13.0. The number of fused-ring (bicyclic) bond motifs is 3. The highest BCUT2D eigenvalue weighted by atomic mass is 32.2. The zero-order valence-electron chi connectivity index (χ0n) is 16.3. The Kier molecular flexibility index (Phi) is 4.85. The van der Waals surface area contributed by atoms with Crippen LogP contribution < -0.4 is 5.32 Å². The summed E-state index contributed by atoms with van der Waals surface area (Å²) in [4.78, 5) is 13.0. The topological polar surface area (TPSA) is 72.4 Å². The molecule has 1 unspecified atom stereocenters. The zero-order valence-corrected chi connectivity index (χ0v) is 17.1. The molecule has 4 rings (SSSR count). The first-order chi connectivity index (χ1) is 13.5. The fraction of sp³-hybridized carbons (Fsp3) is 0.286. The minimum absolute atomic E-state index is 0.0272. The van der Waals surface area contributed by atoms with Gasteiger partial charge in [-0.15, -0.1) is 10.2 Å². The van der Waals surface area contributed by atoms with Crippen LogP contribution in [0.25, 0.3) is 16.6 Å². The number of hydrogen-bond donors (Lipinski definition) is 1. The smallest absolute Gasteiger partial charge is 0.237 e. The summed E-state index contributed by atoms with van der Waals surface area (Å²) >= 11 is 1.44. The molecule has 0 bridgehead atoms. The van der Waals surface area contributed by atoms with E-state index in [-0.39, 0.29) is 11.2 Å². The van der Waals surface area contributed by atoms with E-state index in [1.54, 1.807) is 6.26 Å². The van der Waals surface area contributed by atoms with Gasteiger partial charge >= 0.3 is 0 Å². The van der Waals surface area contributed by atoms with Crippen LogP contribution in [0.15, 0.2) is 46.0 Å². The Labute approximate surface area is 167 Å². The summed E-state index contributed by atoms with van der Waals surface area (Å²) in [5.41, 5.74) is 5.64. The number of rotatable bonds is 5. The molecule has 0 saturated heterocycles. The van der Waals surface area contributed by atoms with Crippen LogP contribution in [0, 0.1) is 20.8 Å². The van der Waals surface area contributed by atoms with Crippen molar-refractivity contribution in [2.24, 2.45) is 0 Å². The molecular weight excluding hydrogens is 372 g/mol. The molecule has 0 radical (unpaired) electrons. The Morgan fingerprint density at radius 2 is 1.93 bits per heavy atom. The van der Waals surface area contributed by atoms with Crippen molar-refractivity contribution in [3.05, 3.63) is 53.5 Å². The summed E-state index contributed by atoms with van der Waals surface area (Å²) in [6.45, 7) is 7.92. The number of benzene rings is 1. The van der Waals surface area contributed by atoms with E-state index in [0.29, 0.717) is 6.42 Å². The van der Waals surface area contributed by atoms with Crippen LogP contribution in [0.5, 0.6) is 0 Å². The second-order valence-corrected chi connectivity index (χ2v) is 8.05. The number of aryl methyl sites for hydroxylation is 3. The minimum atomic E-state index is -0.277. The van der Waals surface area contributed by atoms with E-state index in [0.717, 1.165) is 44.3 Å². The Hall–Kier alpha value is -2.80. The third-order valence-electron chi connectivity index (χ3n) is 4.90. The fourth-order valence-electron chi connectivity index (χ4n) is 3.40. The number of amides is 1. The van der Waals surface area contributed by atoms with E-state index < -0.39 is 0 Å². The predicted octanol–water partition coefficient (Wildman–Crippen LogP) is 4.91. The van der Waals surface area contributed by atoms with Crippen LogP contribution in [0.2, 0.25) is 0 Å². The van der Waals surface area contributed by atoms with E-state index in [9.17, 15) is 4.79 Å². The molecule has 7 heteroatoms. The largest absolute Gasteiger partial charge is 0.463 e. The molecule has 28 heavy (non-hydrogen) atoms. The highest BCUT2D eigenvalue weighted by Crippen LogP contribution is 2.32. The van der Waals surface area contributed by atoms with E-state index in [2.05, 4.69) is 15.5 Å². The van der Waals surface area contributed by atoms with Gasteiger partial charge in [0.15, 0.2) is 5.58 Å². The van der Waals surface area contributed by atoms with Crippen molar-refractivity contribution in [3.63, 3.8) is 0 Å². The summed E-state index contributed by atoms with van der Waals surface area (Å²) in [6.07, 6.45) is 2.34. The van der Waals surface area contributed by atoms with Gasteiger partial charge in [-0.2, -0.15) is 0 Å². The number of para-hydroxylation sites is 1. The number of furan rings is 1. The first-order valence-corrected chi connectivity index (χ1v) is 10.1. The molecule has 0 aliphatic rings. The highest BCUT2D eigenvalue weighted by molar-refractivity contribution is 8.00. The van der Waals surface area contributed by atoms with Crippen molar-refractivity contribution < 1.29 is 9.21 Å². The summed E-state index contributed by atoms with van der Waals surface area (Å²) in [5, 5.41) is 12.2. The first-order valence-electron chi connectivity index (χ1n) is 9.25. The zero-order chi connectivity index (χ0) is 19.8. The van der Waals surface area contributed by atoms with Gasteiger partial charge in [-0.25, -0.2) is 0 Å². The lowest BCUT2D eigenvalue weighted by molar-refractivity contribution is -0.115. The molecule has 3 heterocycles. The molecule has 0 fully saturated rings. The lowest BCUT2D eigenvalue weighted by atomic mass is 10.1. The summed E-state index contributed by atoms with van der Waals surface area (Å²) in [7, 11) is 0. The second kappa shape index (κ2) is 7.31. The van der Waals surface area contributed by atoms with Gasteiger partial charge in [-0.05, 0) is 38.3 Å². The average molecular weight is 395 g/mol. The van der Waals surface area contributed by atoms with Gasteiger partial charge in [-0.3, -0.25) is 9.20 Å². The van der Waals surface area contributed by atoms with Gasteiger partial charge in [0.1, 0.15) is 10.9 Å². The van der Waals surface area contributed by atoms with Crippen molar-refractivity contribution >= 4 is 40.0 Å². The second-order valence-electron chi connectivity index (χ2n) is 6.86. The maximum Gasteiger partial charge on any atom is 0.237 e. The standard InChI is InChI=1S/C21H22N4O2S/c1-5-18(20(26)22-19-12(2)7-6-8-13(19)3)28-21-16-11-17-15(9-10-27-17)25(16)14(4)23-24-21/h6-11,18H,5H2,1-4H3,(H,22,26). The molecule has 0 aliphatic heterocycles. The van der Waals surface area contributed by atoms with E-state index in [4.69, 9.17) is 4.42 Å². The SMILES string of the molecule is CCC(Sc1nnc(C)n2c1cc1occc12)C(=O)Nc1c(C)cccc1C. The van der Waals surface area contributed by atoms with Crippen LogP contribution in [-0.2, 0) is 4.79 Å². The van der Waals surface area contributed by atoms with Crippen LogP contribution in [0.1, 0.15) is 30.3 Å². The Balaban J connectivity index is 1.65. The van der Waals surface area contributed by atoms with E-state index in [1.807, 2.05) is 62.4 Å². The molecule has 6 nitrogen and oxygen atoms in total. The van der Waals surface area contributed by atoms with Crippen molar-refractivity contribution in [1.29, 1.82) is 0 Å². The van der Waals surface area contributed by atoms with Crippen LogP contribution >= 0.6 is 11.8 Å². The number of anilines is 1. The Morgan fingerprint density at radius 3 is 2.64 bits per heavy atom. The third-order valence-corrected chi connectivity index (χ3v) is 6.24. The van der Waals surface area contributed by atoms with Crippen molar-refractivity contribution in [1.82, 2.24) is 14.6 Å². The summed E-state index contributed by atoms with van der Waals surface area (Å²) < 4.78 is 7.55. The van der Waals surface area contributed by atoms with Gasteiger partial charge < -0.3 is 9.73 Å². The molecule has 4 aromatic rings. The molecule has 1 atom stereocenters. The van der Waals surface area contributed by atoms with Crippen molar-refractivity contribution in [2.75, 3.05) is 5.32 Å². The molecular formula is C21H22N4O2S. The molecule has 144 valence electrons. The van der Waals surface area contributed by atoms with Gasteiger partial charge in [0, 0.05) is 17.8 Å². The molecule has 1 aromatic carbocycles. The highest BCUT2D eigenvalue weighted by Gasteiger charge is 2.23. The number of aromatic nitrogens is 3. The number of hydrogen-bond acceptors (Lipinski definition) is 5. The summed E-state index contributed by atoms with van der Waals surface area (Å²) in [5.74, 6) is 0.754. The van der Waals surface area contributed by atoms with E-state index in [1.165, 1.54) is 11.8 Å². The fourth-order valence-corrected chi connectivity index (χ4v) is 4.36. The average Bonchev–Trinajstić information content (AvgIpc) is 3.26. The molecule has 0 spiro atoms. The van der Waals surface area contributed by atoms with Gasteiger partial charge in [0.2, 0.25) is 5.91 Å². The number of thioether (sulfide) groups is 1. The number of carbonyl (C=O) groups excluding carboxylic acids is 1. The lowest BCUT2D eigenvalue weighted by Crippen LogP contribution is -2.25. The number of nitrogens with one attached hydrogen (secondary N) is 1. The lowest BCUT2D eigenvalue weighted by Gasteiger charge is -2.17. The van der Waals surface area contributed by atoms with Crippen LogP contribution in [0.4, 0.5) is 5.69 Å². The summed E-state index contributed by atoms with van der Waals surface area (Å²) in [6, 6.07) is 9.86. The first kappa shape index (κ1) is 18.6. The quantitative estimate of drug-likeness (QED) is 0.487. The molecule has 0 aliphatic carbocycles. The Bertz CT molecular complexity index is 1160. The molecule has 3 aromatic heterocycles. The van der Waals surface area contributed by atoms with Crippen LogP contribution in [-0.4, -0.2) is 25.8 Å². The van der Waals surface area contributed by atoms with Gasteiger partial charge in [0.25, 0.3) is 0 Å². The number of nitrogens with zero attached hydrogens (tertiary/aromatic N) is 3. The molecule has 1 N–H and O–H groups in total. The van der Waals surface area contributed by atoms with Crippen molar-refractivity contribution in [3.8, 4) is 0 Å². The van der Waals surface area contributed by atoms with Crippen LogP contribution in [0.3, 0.4) is 0 Å². The molecule has 1 amide bonds. The predicted molar refractivity (Wildman–Crippen MR) is 112 cm³/mol. The minimum Gasteiger partial charge on any atom is -0.463 e. The normalized spacial score (nSPS) is 12.6. The monoisotopic (exact) mass is 394 g/mol.